The first-order chi connectivity index (χ1) is 9.38. The zero-order chi connectivity index (χ0) is 17.6. The summed E-state index contributed by atoms with van der Waals surface area (Å²) in [6.07, 6.45) is 0.917. The van der Waals surface area contributed by atoms with Gasteiger partial charge in [-0.15, -0.1) is 0 Å². The summed E-state index contributed by atoms with van der Waals surface area (Å²) in [5.41, 5.74) is 0. The van der Waals surface area contributed by atoms with Gasteiger partial charge in [-0.2, -0.15) is 0 Å². The predicted octanol–water partition coefficient (Wildman–Crippen LogP) is 1.52. The van der Waals surface area contributed by atoms with Gasteiger partial charge in [0.05, 0.1) is 0 Å². The van der Waals surface area contributed by atoms with E-state index in [2.05, 4.69) is 0 Å². The zero-order valence-electron chi connectivity index (χ0n) is 14.4. The van der Waals surface area contributed by atoms with Crippen molar-refractivity contribution in [2.45, 2.75) is 60.8 Å². The van der Waals surface area contributed by atoms with Crippen molar-refractivity contribution in [3.8, 4) is 0 Å². The molecule has 0 atom stereocenters. The molecule has 0 unspecified atom stereocenters. The molecule has 0 amide bonds. The molecule has 0 aliphatic carbocycles. The minimum absolute atomic E-state index is 0. The number of hydrogen-bond donors (Lipinski definition) is 0. The number of carbonyl (C=O) groups excluding carboxylic acids is 6. The van der Waals surface area contributed by atoms with Crippen molar-refractivity contribution < 1.29 is 61.5 Å². The first-order valence-electron chi connectivity index (χ1n) is 6.46. The average molecular weight is 395 g/mol. The topological polar surface area (TPSA) is 128 Å². The van der Waals surface area contributed by atoms with E-state index >= 15 is 0 Å². The maximum Gasteiger partial charge on any atom is 0.302 e. The van der Waals surface area contributed by atoms with E-state index in [1.807, 2.05) is 0 Å². The molecule has 0 aliphatic heterocycles. The number of ketones is 6. The fourth-order valence-electron chi connectivity index (χ4n) is 1.11. The molecule has 6 N–H and O–H groups in total. The summed E-state index contributed by atoms with van der Waals surface area (Å²) in [4.78, 5) is 50.8. The van der Waals surface area contributed by atoms with Gasteiger partial charge in [-0.1, -0.05) is 0 Å². The molecule has 1 radical (unpaired) electrons. The second kappa shape index (κ2) is 18.2. The normalized spacial score (nSPS) is 7.91. The van der Waals surface area contributed by atoms with Gasteiger partial charge in [0.15, 0.2) is 19.3 Å². The molecule has 0 spiro atoms. The Morgan fingerprint density at radius 2 is 0.500 bits per heavy atom. The molecule has 0 bridgehead atoms. The minimum atomic E-state index is 0. The average Bonchev–Trinajstić information content (AvgIpc) is 2.10. The van der Waals surface area contributed by atoms with Gasteiger partial charge >= 0.3 is 34.7 Å². The van der Waals surface area contributed by atoms with E-state index in [1.54, 1.807) is 41.5 Å². The second-order valence-corrected chi connectivity index (χ2v) is 4.94. The maximum atomic E-state index is 8.46. The van der Waals surface area contributed by atoms with Gasteiger partial charge in [0, 0.05) is 74.3 Å². The Hall–Kier alpha value is -0.876. The molecule has 22 heavy (non-hydrogen) atoms. The molecule has 0 heterocycles. The molecule has 0 rings (SSSR count). The van der Waals surface area contributed by atoms with Gasteiger partial charge in [0.25, 0.3) is 0 Å². The van der Waals surface area contributed by atoms with Crippen LogP contribution >= 0.6 is 0 Å². The van der Waals surface area contributed by atoms with Crippen LogP contribution < -0.4 is 0 Å². The van der Waals surface area contributed by atoms with Crippen LogP contribution in [0.1, 0.15) is 60.8 Å². The van der Waals surface area contributed by atoms with E-state index in [9.17, 15) is 0 Å². The molecule has 0 saturated carbocycles. The minimum Gasteiger partial charge on any atom is -0.283 e. The molecular formula is C15H30O6Y+6. The van der Waals surface area contributed by atoms with Gasteiger partial charge in [0.2, 0.25) is 0 Å². The first kappa shape index (κ1) is 29.2. The van der Waals surface area contributed by atoms with E-state index in [-0.39, 0.29) is 67.4 Å². The van der Waals surface area contributed by atoms with Crippen LogP contribution in [0.2, 0.25) is 0 Å². The molecule has 0 aromatic rings. The van der Waals surface area contributed by atoms with Crippen molar-refractivity contribution in [1.29, 1.82) is 0 Å². The summed E-state index contributed by atoms with van der Waals surface area (Å²) < 4.78 is 0. The van der Waals surface area contributed by atoms with Gasteiger partial charge in [-0.05, 0) is 0 Å². The van der Waals surface area contributed by atoms with E-state index < -0.39 is 0 Å². The Kier molecular flexibility index (Phi) is 24.1. The van der Waals surface area contributed by atoms with Crippen LogP contribution in [-0.4, -0.2) is 63.5 Å². The van der Waals surface area contributed by atoms with Gasteiger partial charge in [-0.3, -0.25) is 28.8 Å². The fraction of sp³-hybridized carbons (Fsp3) is 0.600. The Morgan fingerprint density at radius 1 is 0.409 bits per heavy atom. The van der Waals surface area contributed by atoms with Crippen LogP contribution in [0.3, 0.4) is 0 Å². The predicted molar refractivity (Wildman–Crippen MR) is 89.6 cm³/mol. The van der Waals surface area contributed by atoms with Crippen molar-refractivity contribution in [2.24, 2.45) is 0 Å². The quantitative estimate of drug-likeness (QED) is 0.477. The van der Waals surface area contributed by atoms with Crippen LogP contribution in [-0.2, 0) is 32.7 Å². The Labute approximate surface area is 156 Å². The molecule has 0 fully saturated rings. The van der Waals surface area contributed by atoms with Crippen LogP contribution in [0.4, 0.5) is 0 Å². The Bertz CT molecular complexity index is 314. The van der Waals surface area contributed by atoms with E-state index in [1.165, 1.54) is 0 Å². The summed E-state index contributed by atoms with van der Waals surface area (Å²) in [5.74, 6) is 1.50. The third kappa shape index (κ3) is 50.8. The smallest absolute Gasteiger partial charge is 0.283 e. The van der Waals surface area contributed by atoms with E-state index in [0.29, 0.717) is 19.3 Å². The molecule has 6 nitrogen and oxygen atoms in total. The fourth-order valence-corrected chi connectivity index (χ4v) is 1.11. The summed E-state index contributed by atoms with van der Waals surface area (Å²) in [6, 6.07) is 0. The van der Waals surface area contributed by atoms with Gasteiger partial charge in [0.1, 0.15) is 0 Å². The van der Waals surface area contributed by atoms with Gasteiger partial charge in [-0.25, -0.2) is 0 Å². The SMILES string of the molecule is CC(=[OH+])CC(C)=[OH+].CC(=[OH+])CC(C)=[OH+].CC(=[OH+])CC(C)=[OH+].[Y]. The molecule has 0 aromatic carbocycles. The van der Waals surface area contributed by atoms with E-state index in [4.69, 9.17) is 28.8 Å². The van der Waals surface area contributed by atoms with E-state index in [0.717, 1.165) is 0 Å². The largest absolute Gasteiger partial charge is 0.302 e. The Morgan fingerprint density at radius 3 is 0.500 bits per heavy atom. The van der Waals surface area contributed by atoms with Crippen molar-refractivity contribution in [3.05, 3.63) is 0 Å². The third-order valence-electron chi connectivity index (χ3n) is 1.54. The molecule has 0 aromatic heterocycles. The van der Waals surface area contributed by atoms with Crippen LogP contribution in [0.15, 0.2) is 0 Å². The molecule has 123 valence electrons. The number of hydrogen-bond acceptors (Lipinski definition) is 0. The molecular weight excluding hydrogens is 365 g/mol. The summed E-state index contributed by atoms with van der Waals surface area (Å²) in [6.45, 7) is 9.33. The molecule has 0 saturated heterocycles. The van der Waals surface area contributed by atoms with Crippen LogP contribution in [0.5, 0.6) is 0 Å². The third-order valence-corrected chi connectivity index (χ3v) is 1.54. The van der Waals surface area contributed by atoms with Crippen molar-refractivity contribution in [2.75, 3.05) is 0 Å². The van der Waals surface area contributed by atoms with Crippen LogP contribution in [0, 0.1) is 0 Å². The monoisotopic (exact) mass is 395 g/mol. The standard InChI is InChI=1S/3C5H8O2.Y/c3*1-4(6)3-5(2)7;/h3*3H2,1-2H3;/p+6. The molecule has 0 aliphatic rings. The summed E-state index contributed by atoms with van der Waals surface area (Å²) in [5, 5.41) is 0. The molecule has 7 heteroatoms. The van der Waals surface area contributed by atoms with Crippen molar-refractivity contribution in [1.82, 2.24) is 0 Å². The Balaban J connectivity index is -0.000000108. The van der Waals surface area contributed by atoms with Gasteiger partial charge < -0.3 is 0 Å². The maximum absolute atomic E-state index is 8.46. The van der Waals surface area contributed by atoms with Crippen molar-refractivity contribution >= 4 is 34.7 Å². The number of rotatable bonds is 6. The first-order valence-corrected chi connectivity index (χ1v) is 6.46. The summed E-state index contributed by atoms with van der Waals surface area (Å²) >= 11 is 0. The van der Waals surface area contributed by atoms with Crippen molar-refractivity contribution in [3.63, 3.8) is 0 Å². The second-order valence-electron chi connectivity index (χ2n) is 4.94. The summed E-state index contributed by atoms with van der Waals surface area (Å²) in [7, 11) is 0. The van der Waals surface area contributed by atoms with Crippen LogP contribution in [0.25, 0.3) is 0 Å². The zero-order valence-corrected chi connectivity index (χ0v) is 17.2.